The number of aliphatic carboxylic acids is 1. The molecule has 39 heavy (non-hydrogen) atoms. The van der Waals surface area contributed by atoms with Gasteiger partial charge in [0.15, 0.2) is 11.4 Å². The number of hydrogen-bond donors (Lipinski definition) is 1. The van der Waals surface area contributed by atoms with E-state index in [1.165, 1.54) is 0 Å². The number of carboxylic acids is 1. The van der Waals surface area contributed by atoms with E-state index < -0.39 is 12.0 Å². The van der Waals surface area contributed by atoms with Gasteiger partial charge in [0.1, 0.15) is 23.0 Å². The number of anilines is 2. The molecule has 2 atom stereocenters. The first-order valence-electron chi connectivity index (χ1n) is 13.0. The van der Waals surface area contributed by atoms with Crippen molar-refractivity contribution >= 4 is 45.5 Å². The van der Waals surface area contributed by atoms with Gasteiger partial charge in [0.05, 0.1) is 0 Å². The Morgan fingerprint density at radius 3 is 2.41 bits per heavy atom. The zero-order valence-electron chi connectivity index (χ0n) is 21.7. The van der Waals surface area contributed by atoms with E-state index in [0.29, 0.717) is 41.3 Å². The summed E-state index contributed by atoms with van der Waals surface area (Å²) in [6.45, 7) is 2.17. The Hall–Kier alpha value is -4.72. The van der Waals surface area contributed by atoms with Crippen LogP contribution in [0.15, 0.2) is 83.3 Å². The Labute approximate surface area is 225 Å². The number of furan rings is 1. The van der Waals surface area contributed by atoms with Crippen molar-refractivity contribution in [1.82, 2.24) is 9.97 Å². The van der Waals surface area contributed by atoms with Gasteiger partial charge in [-0.3, -0.25) is 4.79 Å². The molecule has 0 bridgehead atoms. The fourth-order valence-corrected chi connectivity index (χ4v) is 5.45. The van der Waals surface area contributed by atoms with Gasteiger partial charge < -0.3 is 19.3 Å². The van der Waals surface area contributed by atoms with Crippen LogP contribution in [-0.2, 0) is 9.59 Å². The van der Waals surface area contributed by atoms with Crippen LogP contribution in [0.2, 0.25) is 0 Å². The smallest absolute Gasteiger partial charge is 0.326 e. The second-order valence-electron chi connectivity index (χ2n) is 10.0. The molecule has 0 aliphatic carbocycles. The zero-order valence-corrected chi connectivity index (χ0v) is 21.7. The van der Waals surface area contributed by atoms with Crippen molar-refractivity contribution in [2.24, 2.45) is 5.92 Å². The number of aryl methyl sites for hydroxylation is 1. The monoisotopic (exact) mass is 520 g/mol. The molecule has 8 nitrogen and oxygen atoms in total. The highest BCUT2D eigenvalue weighted by Crippen LogP contribution is 2.38. The standard InChI is InChI=1S/C31H28N4O4/c1-19-32-28-24-10-6-7-11-26(24)39-29(28)30(33-19)35-18-20(16-25(35)31(37)38)17-27(36)34(2)23-14-12-22(13-15-23)21-8-4-3-5-9-21/h3-15,20,25H,16-18H2,1-2H3,(H,37,38)/t20-,25+/m1/s1. The molecule has 0 unspecified atom stereocenters. The predicted octanol–water partition coefficient (Wildman–Crippen LogP) is 5.68. The van der Waals surface area contributed by atoms with Crippen molar-refractivity contribution in [2.45, 2.75) is 25.8 Å². The third kappa shape index (κ3) is 4.58. The highest BCUT2D eigenvalue weighted by Gasteiger charge is 2.40. The first kappa shape index (κ1) is 24.6. The quantitative estimate of drug-likeness (QED) is 0.307. The van der Waals surface area contributed by atoms with Crippen molar-refractivity contribution in [1.29, 1.82) is 0 Å². The SMILES string of the molecule is Cc1nc(N2C[C@@H](CC(=O)N(C)c3ccc(-c4ccccc4)cc3)C[C@H]2C(=O)O)c2oc3ccccc3c2n1. The van der Waals surface area contributed by atoms with Crippen LogP contribution in [0.5, 0.6) is 0 Å². The lowest BCUT2D eigenvalue weighted by molar-refractivity contribution is -0.138. The molecule has 1 aliphatic heterocycles. The fraction of sp³-hybridized carbons (Fsp3) is 0.226. The van der Waals surface area contributed by atoms with Gasteiger partial charge in [-0.15, -0.1) is 0 Å². The van der Waals surface area contributed by atoms with Crippen molar-refractivity contribution in [3.05, 3.63) is 84.7 Å². The van der Waals surface area contributed by atoms with Gasteiger partial charge in [0, 0.05) is 31.1 Å². The Morgan fingerprint density at radius 1 is 0.974 bits per heavy atom. The van der Waals surface area contributed by atoms with Gasteiger partial charge in [-0.2, -0.15) is 0 Å². The normalized spacial score (nSPS) is 17.1. The molecule has 1 amide bonds. The second-order valence-corrected chi connectivity index (χ2v) is 10.0. The third-order valence-electron chi connectivity index (χ3n) is 7.46. The summed E-state index contributed by atoms with van der Waals surface area (Å²) in [5, 5.41) is 10.9. The summed E-state index contributed by atoms with van der Waals surface area (Å²) >= 11 is 0. The van der Waals surface area contributed by atoms with Gasteiger partial charge in [0.2, 0.25) is 5.91 Å². The molecule has 1 N–H and O–H groups in total. The van der Waals surface area contributed by atoms with Crippen LogP contribution in [0.25, 0.3) is 33.2 Å². The lowest BCUT2D eigenvalue weighted by Crippen LogP contribution is -2.36. The molecule has 3 aromatic carbocycles. The van der Waals surface area contributed by atoms with Crippen molar-refractivity contribution < 1.29 is 19.1 Å². The first-order chi connectivity index (χ1) is 18.9. The molecule has 2 aromatic heterocycles. The molecule has 5 aromatic rings. The van der Waals surface area contributed by atoms with E-state index in [1.807, 2.05) is 78.9 Å². The number of nitrogens with zero attached hydrogens (tertiary/aromatic N) is 4. The number of carbonyl (C=O) groups excluding carboxylic acids is 1. The number of rotatable bonds is 6. The molecule has 8 heteroatoms. The molecule has 0 radical (unpaired) electrons. The lowest BCUT2D eigenvalue weighted by Gasteiger charge is -2.23. The van der Waals surface area contributed by atoms with E-state index in [2.05, 4.69) is 9.97 Å². The molecule has 0 saturated carbocycles. The van der Waals surface area contributed by atoms with Crippen LogP contribution in [0.3, 0.4) is 0 Å². The summed E-state index contributed by atoms with van der Waals surface area (Å²) in [7, 11) is 1.76. The number of carbonyl (C=O) groups is 2. The van der Waals surface area contributed by atoms with Gasteiger partial charge >= 0.3 is 5.97 Å². The topological polar surface area (TPSA) is 99.8 Å². The highest BCUT2D eigenvalue weighted by molar-refractivity contribution is 6.06. The molecule has 6 rings (SSSR count). The van der Waals surface area contributed by atoms with E-state index in [-0.39, 0.29) is 18.2 Å². The van der Waals surface area contributed by atoms with Gasteiger partial charge in [-0.1, -0.05) is 54.6 Å². The number of aromatic nitrogens is 2. The van der Waals surface area contributed by atoms with Crippen LogP contribution in [0.1, 0.15) is 18.7 Å². The Balaban J connectivity index is 1.23. The maximum absolute atomic E-state index is 13.3. The third-order valence-corrected chi connectivity index (χ3v) is 7.46. The summed E-state index contributed by atoms with van der Waals surface area (Å²) < 4.78 is 6.10. The molecule has 1 fully saturated rings. The van der Waals surface area contributed by atoms with Crippen LogP contribution in [0, 0.1) is 12.8 Å². The molecule has 1 aliphatic rings. The van der Waals surface area contributed by atoms with Gasteiger partial charge in [0.25, 0.3) is 0 Å². The Bertz CT molecular complexity index is 1680. The summed E-state index contributed by atoms with van der Waals surface area (Å²) in [4.78, 5) is 38.2. The van der Waals surface area contributed by atoms with Crippen molar-refractivity contribution in [2.75, 3.05) is 23.4 Å². The largest absolute Gasteiger partial charge is 0.480 e. The minimum atomic E-state index is -0.949. The van der Waals surface area contributed by atoms with E-state index in [1.54, 1.807) is 23.8 Å². The van der Waals surface area contributed by atoms with E-state index >= 15 is 0 Å². The van der Waals surface area contributed by atoms with Crippen molar-refractivity contribution in [3.8, 4) is 11.1 Å². The predicted molar refractivity (Wildman–Crippen MR) is 151 cm³/mol. The molecule has 0 spiro atoms. The molecule has 196 valence electrons. The molecule has 3 heterocycles. The van der Waals surface area contributed by atoms with Crippen molar-refractivity contribution in [3.63, 3.8) is 0 Å². The van der Waals surface area contributed by atoms with E-state index in [9.17, 15) is 14.7 Å². The minimum Gasteiger partial charge on any atom is -0.480 e. The van der Waals surface area contributed by atoms with Gasteiger partial charge in [-0.25, -0.2) is 14.8 Å². The minimum absolute atomic E-state index is 0.0637. The number of fused-ring (bicyclic) bond motifs is 3. The number of benzene rings is 3. The molecular weight excluding hydrogens is 492 g/mol. The Morgan fingerprint density at radius 2 is 1.67 bits per heavy atom. The second kappa shape index (κ2) is 9.87. The van der Waals surface area contributed by atoms with E-state index in [4.69, 9.17) is 4.42 Å². The first-order valence-corrected chi connectivity index (χ1v) is 13.0. The van der Waals surface area contributed by atoms with Crippen LogP contribution in [-0.4, -0.2) is 46.6 Å². The number of carboxylic acid groups (broad SMARTS) is 1. The summed E-state index contributed by atoms with van der Waals surface area (Å²) in [5.41, 5.74) is 4.78. The molecular formula is C31H28N4O4. The van der Waals surface area contributed by atoms with E-state index in [0.717, 1.165) is 22.2 Å². The summed E-state index contributed by atoms with van der Waals surface area (Å²) in [6, 6.07) is 24.7. The maximum atomic E-state index is 13.3. The summed E-state index contributed by atoms with van der Waals surface area (Å²) in [6.07, 6.45) is 0.567. The average Bonchev–Trinajstić information content (AvgIpc) is 3.54. The lowest BCUT2D eigenvalue weighted by atomic mass is 10.0. The summed E-state index contributed by atoms with van der Waals surface area (Å²) in [5.74, 6) is -0.173. The fourth-order valence-electron chi connectivity index (χ4n) is 5.45. The number of amides is 1. The van der Waals surface area contributed by atoms with Crippen LogP contribution in [0.4, 0.5) is 11.5 Å². The molecule has 1 saturated heterocycles. The van der Waals surface area contributed by atoms with Crippen LogP contribution < -0.4 is 9.80 Å². The van der Waals surface area contributed by atoms with Gasteiger partial charge in [-0.05, 0) is 54.7 Å². The Kier molecular flexibility index (Phi) is 6.23. The number of para-hydroxylation sites is 1. The van der Waals surface area contributed by atoms with Crippen LogP contribution >= 0.6 is 0 Å². The average molecular weight is 521 g/mol. The zero-order chi connectivity index (χ0) is 27.1. The number of hydrogen-bond acceptors (Lipinski definition) is 6. The highest BCUT2D eigenvalue weighted by atomic mass is 16.4. The maximum Gasteiger partial charge on any atom is 0.326 e.